The normalized spacial score (nSPS) is 17.1. The highest BCUT2D eigenvalue weighted by molar-refractivity contribution is 6.35. The fourth-order valence-electron chi connectivity index (χ4n) is 3.81. The third-order valence-corrected chi connectivity index (χ3v) is 5.77. The van der Waals surface area contributed by atoms with Crippen LogP contribution >= 0.6 is 11.6 Å². The largest absolute Gasteiger partial charge is 1.00 e. The number of benzene rings is 3. The van der Waals surface area contributed by atoms with Crippen molar-refractivity contribution in [2.75, 3.05) is 20.6 Å². The summed E-state index contributed by atoms with van der Waals surface area (Å²) in [4.78, 5) is 1.34. The quantitative estimate of drug-likeness (QED) is 0.641. The van der Waals surface area contributed by atoms with Crippen LogP contribution in [-0.2, 0) is 0 Å². The Balaban J connectivity index is 0.00000272. The second kappa shape index (κ2) is 10.2. The molecule has 3 aromatic rings. The van der Waals surface area contributed by atoms with Crippen molar-refractivity contribution in [3.05, 3.63) is 118 Å². The van der Waals surface area contributed by atoms with Gasteiger partial charge in [-0.05, 0) is 30.2 Å². The van der Waals surface area contributed by atoms with Gasteiger partial charge in [-0.3, -0.25) is 0 Å². The van der Waals surface area contributed by atoms with Crippen molar-refractivity contribution in [2.45, 2.75) is 12.8 Å². The van der Waals surface area contributed by atoms with Gasteiger partial charge in [0.2, 0.25) is 0 Å². The van der Waals surface area contributed by atoms with Crippen LogP contribution in [0.25, 0.3) is 5.76 Å². The lowest BCUT2D eigenvalue weighted by atomic mass is 9.84. The lowest BCUT2D eigenvalue weighted by Crippen LogP contribution is -3.05. The van der Waals surface area contributed by atoms with E-state index in [2.05, 4.69) is 87.8 Å². The predicted molar refractivity (Wildman–Crippen MR) is 125 cm³/mol. The molecule has 0 spiro atoms. The van der Waals surface area contributed by atoms with Crippen molar-refractivity contribution in [1.82, 2.24) is 0 Å². The first-order valence-electron chi connectivity index (χ1n) is 10.3. The number of rotatable bonds is 4. The summed E-state index contributed by atoms with van der Waals surface area (Å²) >= 11 is 7.12. The minimum absolute atomic E-state index is 0. The molecule has 0 amide bonds. The van der Waals surface area contributed by atoms with Gasteiger partial charge < -0.3 is 22.0 Å². The lowest BCUT2D eigenvalue weighted by molar-refractivity contribution is -0.851. The lowest BCUT2D eigenvalue weighted by Gasteiger charge is -2.21. The van der Waals surface area contributed by atoms with Gasteiger partial charge in [0.05, 0.1) is 25.7 Å². The van der Waals surface area contributed by atoms with E-state index < -0.39 is 0 Å². The highest BCUT2D eigenvalue weighted by Crippen LogP contribution is 2.47. The molecular formula is C27H27Cl2NO. The summed E-state index contributed by atoms with van der Waals surface area (Å²) < 4.78 is 6.48. The topological polar surface area (TPSA) is 13.7 Å². The van der Waals surface area contributed by atoms with E-state index in [0.717, 1.165) is 29.0 Å². The molecule has 0 fully saturated rings. The first kappa shape index (κ1) is 23.1. The van der Waals surface area contributed by atoms with E-state index in [1.807, 2.05) is 18.2 Å². The fraction of sp³-hybridized carbons (Fsp3) is 0.185. The summed E-state index contributed by atoms with van der Waals surface area (Å²) in [5.74, 6) is 1.57. The number of likely N-dealkylation sites (N-methyl/N-ethyl adjacent to an activating group) is 1. The number of allylic oxidation sites excluding steroid dienone is 2. The second-order valence-corrected chi connectivity index (χ2v) is 8.44. The van der Waals surface area contributed by atoms with Crippen LogP contribution in [-0.4, -0.2) is 20.6 Å². The van der Waals surface area contributed by atoms with E-state index in [4.69, 9.17) is 16.3 Å². The van der Waals surface area contributed by atoms with Gasteiger partial charge in [0.1, 0.15) is 5.75 Å². The number of hydrogen-bond donors (Lipinski definition) is 1. The van der Waals surface area contributed by atoms with Crippen molar-refractivity contribution in [2.24, 2.45) is 0 Å². The molecule has 4 rings (SSSR count). The van der Waals surface area contributed by atoms with Crippen molar-refractivity contribution in [3.63, 3.8) is 0 Å². The number of ether oxygens (including phenoxy) is 1. The molecule has 1 N–H and O–H groups in total. The first-order chi connectivity index (χ1) is 14.5. The summed E-state index contributed by atoms with van der Waals surface area (Å²) in [7, 11) is 4.29. The van der Waals surface area contributed by atoms with Gasteiger partial charge in [-0.15, -0.1) is 0 Å². The summed E-state index contributed by atoms with van der Waals surface area (Å²) in [6.07, 6.45) is 2.26. The molecule has 1 heterocycles. The van der Waals surface area contributed by atoms with Crippen LogP contribution in [0.5, 0.6) is 5.75 Å². The van der Waals surface area contributed by atoms with Crippen LogP contribution in [0.15, 0.2) is 95.5 Å². The molecule has 1 aliphatic heterocycles. The van der Waals surface area contributed by atoms with E-state index in [-0.39, 0.29) is 18.3 Å². The zero-order valence-electron chi connectivity index (χ0n) is 18.0. The third kappa shape index (κ3) is 5.04. The highest BCUT2D eigenvalue weighted by atomic mass is 35.5. The molecule has 0 saturated heterocycles. The van der Waals surface area contributed by atoms with Crippen LogP contribution in [0.1, 0.15) is 28.2 Å². The zero-order chi connectivity index (χ0) is 21.1. The molecule has 2 nitrogen and oxygen atoms in total. The standard InChI is InChI=1S/C27H26ClNO.ClH/c1-19-13-15-21(16-14-19)27-26(28)23(17-18-29(2)3)25(20-9-5-4-6-10-20)22-11-7-8-12-24(22)30-27;/h4-17,25H,18H2,1-3H3;1H. The molecule has 3 aromatic carbocycles. The zero-order valence-corrected chi connectivity index (χ0v) is 19.5. The maximum atomic E-state index is 7.12. The first-order valence-corrected chi connectivity index (χ1v) is 10.7. The Hall–Kier alpha value is -2.52. The molecule has 4 heteroatoms. The number of nitrogens with one attached hydrogen (secondary N) is 1. The van der Waals surface area contributed by atoms with Gasteiger partial charge in [-0.2, -0.15) is 0 Å². The highest BCUT2D eigenvalue weighted by Gasteiger charge is 2.30. The fourth-order valence-corrected chi connectivity index (χ4v) is 4.14. The molecule has 160 valence electrons. The van der Waals surface area contributed by atoms with Gasteiger partial charge in [0.25, 0.3) is 0 Å². The number of hydrogen-bond acceptors (Lipinski definition) is 1. The third-order valence-electron chi connectivity index (χ3n) is 5.38. The Morgan fingerprint density at radius 1 is 0.903 bits per heavy atom. The van der Waals surface area contributed by atoms with Crippen molar-refractivity contribution >= 4 is 17.4 Å². The van der Waals surface area contributed by atoms with Crippen LogP contribution in [0.4, 0.5) is 0 Å². The maximum absolute atomic E-state index is 7.12. The van der Waals surface area contributed by atoms with E-state index in [9.17, 15) is 0 Å². The van der Waals surface area contributed by atoms with Crippen LogP contribution < -0.4 is 22.0 Å². The molecule has 31 heavy (non-hydrogen) atoms. The Morgan fingerprint density at radius 2 is 1.55 bits per heavy atom. The molecule has 1 aliphatic rings. The molecule has 0 aliphatic carbocycles. The van der Waals surface area contributed by atoms with Crippen molar-refractivity contribution in [3.8, 4) is 5.75 Å². The van der Waals surface area contributed by atoms with E-state index in [1.54, 1.807) is 0 Å². The molecular weight excluding hydrogens is 425 g/mol. The Bertz CT molecular complexity index is 1090. The van der Waals surface area contributed by atoms with Gasteiger partial charge >= 0.3 is 0 Å². The molecule has 0 radical (unpaired) electrons. The second-order valence-electron chi connectivity index (χ2n) is 8.06. The molecule has 0 aromatic heterocycles. The number of quaternary nitrogens is 1. The van der Waals surface area contributed by atoms with Crippen LogP contribution in [0.3, 0.4) is 0 Å². The number of halogens is 2. The summed E-state index contributed by atoms with van der Waals surface area (Å²) in [5.41, 5.74) is 5.61. The van der Waals surface area contributed by atoms with Gasteiger partial charge in [0, 0.05) is 17.0 Å². The van der Waals surface area contributed by atoms with Gasteiger partial charge in [0.15, 0.2) is 5.76 Å². The van der Waals surface area contributed by atoms with Gasteiger partial charge in [-0.1, -0.05) is 90.0 Å². The Kier molecular flexibility index (Phi) is 7.61. The number of aryl methyl sites for hydroxylation is 1. The van der Waals surface area contributed by atoms with Crippen molar-refractivity contribution < 1.29 is 22.0 Å². The summed E-state index contributed by atoms with van der Waals surface area (Å²) in [6.45, 7) is 2.96. The summed E-state index contributed by atoms with van der Waals surface area (Å²) in [6, 6.07) is 27.1. The predicted octanol–water partition coefficient (Wildman–Crippen LogP) is 2.20. The molecule has 1 unspecified atom stereocenters. The molecule has 0 bridgehead atoms. The minimum atomic E-state index is 0. The SMILES string of the molecule is Cc1ccc(C2=C(Cl)C(=CC[NH+](C)C)C(c3ccccc3)c3ccccc3O2)cc1.[Cl-]. The monoisotopic (exact) mass is 451 g/mol. The average Bonchev–Trinajstić information content (AvgIpc) is 2.88. The van der Waals surface area contributed by atoms with E-state index in [0.29, 0.717) is 10.8 Å². The van der Waals surface area contributed by atoms with Crippen molar-refractivity contribution in [1.29, 1.82) is 0 Å². The minimum Gasteiger partial charge on any atom is -1.00 e. The number of para-hydroxylation sites is 1. The maximum Gasteiger partial charge on any atom is 0.153 e. The van der Waals surface area contributed by atoms with Gasteiger partial charge in [-0.25, -0.2) is 0 Å². The Morgan fingerprint density at radius 3 is 2.23 bits per heavy atom. The van der Waals surface area contributed by atoms with Crippen LogP contribution in [0, 0.1) is 6.92 Å². The molecule has 1 atom stereocenters. The average molecular weight is 452 g/mol. The summed E-state index contributed by atoms with van der Waals surface area (Å²) in [5, 5.41) is 0.671. The Labute approximate surface area is 196 Å². The van der Waals surface area contributed by atoms with E-state index >= 15 is 0 Å². The van der Waals surface area contributed by atoms with E-state index in [1.165, 1.54) is 16.0 Å². The molecule has 0 saturated carbocycles. The van der Waals surface area contributed by atoms with Crippen LogP contribution in [0.2, 0.25) is 0 Å². The smallest absolute Gasteiger partial charge is 0.153 e. The number of fused-ring (bicyclic) bond motifs is 1.